The standard InChI is InChI=1S/C22H23N5O2S/c23-14-7-6-13-15-16(17(24)20(28)22(13,25)11-4-2-1-3-5-11)19(30-18(14)15)21(29)27-12-8-9-26-10-12/h1-7,12,17,26H,8-10,23-25H2,(H,27,29). The molecule has 1 aromatic heterocycles. The number of carbonyl (C=O) groups is 2. The van der Waals surface area contributed by atoms with Crippen LogP contribution >= 0.6 is 11.3 Å². The first kappa shape index (κ1) is 19.2. The van der Waals surface area contributed by atoms with Gasteiger partial charge < -0.3 is 27.8 Å². The van der Waals surface area contributed by atoms with Crippen LogP contribution in [0.4, 0.5) is 5.69 Å². The Balaban J connectivity index is 1.73. The summed E-state index contributed by atoms with van der Waals surface area (Å²) in [5.74, 6) is -0.556. The third-order valence-corrected chi connectivity index (χ3v) is 7.40. The molecule has 3 atom stereocenters. The van der Waals surface area contributed by atoms with Gasteiger partial charge in [-0.3, -0.25) is 9.59 Å². The maximum Gasteiger partial charge on any atom is 0.262 e. The number of nitrogens with one attached hydrogen (secondary N) is 2. The van der Waals surface area contributed by atoms with Gasteiger partial charge in [-0.2, -0.15) is 0 Å². The summed E-state index contributed by atoms with van der Waals surface area (Å²) in [7, 11) is 0. The minimum Gasteiger partial charge on any atom is -0.398 e. The molecule has 0 radical (unpaired) electrons. The Hall–Kier alpha value is -2.78. The lowest BCUT2D eigenvalue weighted by molar-refractivity contribution is -0.124. The molecule has 1 aliphatic heterocycles. The second kappa shape index (κ2) is 6.88. The lowest BCUT2D eigenvalue weighted by Crippen LogP contribution is -2.52. The average molecular weight is 422 g/mol. The molecule has 7 nitrogen and oxygen atoms in total. The summed E-state index contributed by atoms with van der Waals surface area (Å²) in [6, 6.07) is 11.8. The Kier molecular flexibility index (Phi) is 4.41. The molecule has 0 bridgehead atoms. The average Bonchev–Trinajstić information content (AvgIpc) is 3.40. The van der Waals surface area contributed by atoms with E-state index in [9.17, 15) is 9.59 Å². The maximum absolute atomic E-state index is 13.5. The number of ketones is 1. The maximum atomic E-state index is 13.5. The van der Waals surface area contributed by atoms with Crippen LogP contribution < -0.4 is 27.8 Å². The molecule has 2 aromatic carbocycles. The fourth-order valence-corrected chi connectivity index (χ4v) is 5.78. The summed E-state index contributed by atoms with van der Waals surface area (Å²) in [5.41, 5.74) is 20.5. The number of amides is 1. The number of hydrogen-bond donors (Lipinski definition) is 5. The SMILES string of the molecule is Nc1ccc2c3c(c(C(=O)NC4CCNC4)sc13)C(N)C(=O)C2(N)c1ccccc1. The molecule has 3 unspecified atom stereocenters. The van der Waals surface area contributed by atoms with E-state index in [1.807, 2.05) is 30.3 Å². The fourth-order valence-electron chi connectivity index (χ4n) is 4.58. The quantitative estimate of drug-likeness (QED) is 0.405. The van der Waals surface area contributed by atoms with Crippen LogP contribution in [-0.2, 0) is 10.3 Å². The molecule has 30 heavy (non-hydrogen) atoms. The van der Waals surface area contributed by atoms with Gasteiger partial charge in [0.05, 0.1) is 15.6 Å². The highest BCUT2D eigenvalue weighted by molar-refractivity contribution is 7.21. The predicted molar refractivity (Wildman–Crippen MR) is 118 cm³/mol. The van der Waals surface area contributed by atoms with Crippen molar-refractivity contribution in [3.63, 3.8) is 0 Å². The van der Waals surface area contributed by atoms with E-state index in [1.165, 1.54) is 11.3 Å². The van der Waals surface area contributed by atoms with E-state index < -0.39 is 11.6 Å². The van der Waals surface area contributed by atoms with Crippen molar-refractivity contribution in [2.24, 2.45) is 11.5 Å². The van der Waals surface area contributed by atoms with Gasteiger partial charge in [-0.15, -0.1) is 11.3 Å². The highest BCUT2D eigenvalue weighted by Crippen LogP contribution is 2.49. The van der Waals surface area contributed by atoms with E-state index in [-0.39, 0.29) is 17.7 Å². The van der Waals surface area contributed by atoms with Gasteiger partial charge in [0, 0.05) is 29.2 Å². The third kappa shape index (κ3) is 2.61. The molecule has 1 aliphatic carbocycles. The van der Waals surface area contributed by atoms with E-state index in [0.29, 0.717) is 27.3 Å². The zero-order valence-electron chi connectivity index (χ0n) is 16.3. The topological polar surface area (TPSA) is 136 Å². The highest BCUT2D eigenvalue weighted by Gasteiger charge is 2.48. The zero-order valence-corrected chi connectivity index (χ0v) is 17.1. The molecule has 8 N–H and O–H groups in total. The van der Waals surface area contributed by atoms with Gasteiger partial charge in [-0.1, -0.05) is 36.4 Å². The summed E-state index contributed by atoms with van der Waals surface area (Å²) in [4.78, 5) is 27.1. The van der Waals surface area contributed by atoms with E-state index in [1.54, 1.807) is 12.1 Å². The Bertz CT molecular complexity index is 1170. The predicted octanol–water partition coefficient (Wildman–Crippen LogP) is 1.36. The summed E-state index contributed by atoms with van der Waals surface area (Å²) in [6.45, 7) is 1.59. The summed E-state index contributed by atoms with van der Waals surface area (Å²) >= 11 is 1.28. The first-order valence-electron chi connectivity index (χ1n) is 9.94. The lowest BCUT2D eigenvalue weighted by atomic mass is 9.70. The minimum absolute atomic E-state index is 0.0557. The molecule has 1 fully saturated rings. The zero-order chi connectivity index (χ0) is 21.0. The van der Waals surface area contributed by atoms with Crippen molar-refractivity contribution >= 4 is 38.8 Å². The van der Waals surface area contributed by atoms with Gasteiger partial charge in [0.1, 0.15) is 5.54 Å². The number of Topliss-reactive ketones (excluding diaryl/α,β-unsaturated/α-hetero) is 1. The van der Waals surface area contributed by atoms with Crippen molar-refractivity contribution in [1.82, 2.24) is 10.6 Å². The first-order chi connectivity index (χ1) is 14.4. The van der Waals surface area contributed by atoms with E-state index in [2.05, 4.69) is 10.6 Å². The van der Waals surface area contributed by atoms with Crippen molar-refractivity contribution in [3.05, 3.63) is 64.0 Å². The monoisotopic (exact) mass is 421 g/mol. The third-order valence-electron chi connectivity index (χ3n) is 6.14. The second-order valence-electron chi connectivity index (χ2n) is 7.93. The van der Waals surface area contributed by atoms with Gasteiger partial charge in [0.25, 0.3) is 5.91 Å². The van der Waals surface area contributed by atoms with Gasteiger partial charge in [0.2, 0.25) is 0 Å². The van der Waals surface area contributed by atoms with E-state index in [4.69, 9.17) is 17.2 Å². The highest BCUT2D eigenvalue weighted by atomic mass is 32.1. The van der Waals surface area contributed by atoms with Crippen LogP contribution in [0.1, 0.15) is 38.8 Å². The molecular formula is C22H23N5O2S. The Morgan fingerprint density at radius 3 is 2.67 bits per heavy atom. The molecule has 2 aliphatic rings. The Morgan fingerprint density at radius 2 is 1.97 bits per heavy atom. The molecule has 0 spiro atoms. The number of carbonyl (C=O) groups excluding carboxylic acids is 2. The van der Waals surface area contributed by atoms with Gasteiger partial charge >= 0.3 is 0 Å². The molecule has 3 aromatic rings. The Labute approximate surface area is 177 Å². The van der Waals surface area contributed by atoms with E-state index in [0.717, 1.165) is 29.6 Å². The van der Waals surface area contributed by atoms with Crippen LogP contribution in [0.25, 0.3) is 10.1 Å². The van der Waals surface area contributed by atoms with Crippen LogP contribution in [0.5, 0.6) is 0 Å². The van der Waals surface area contributed by atoms with Gasteiger partial charge in [0.15, 0.2) is 5.78 Å². The normalized spacial score (nSPS) is 25.6. The van der Waals surface area contributed by atoms with Crippen molar-refractivity contribution < 1.29 is 9.59 Å². The number of nitrogens with two attached hydrogens (primary N) is 3. The van der Waals surface area contributed by atoms with Crippen LogP contribution in [0.15, 0.2) is 42.5 Å². The minimum atomic E-state index is -1.40. The molecular weight excluding hydrogens is 398 g/mol. The number of rotatable bonds is 3. The van der Waals surface area contributed by atoms with Gasteiger partial charge in [-0.05, 0) is 30.2 Å². The smallest absolute Gasteiger partial charge is 0.262 e. The molecule has 0 saturated carbocycles. The van der Waals surface area contributed by atoms with Crippen molar-refractivity contribution in [3.8, 4) is 0 Å². The molecule has 5 rings (SSSR count). The van der Waals surface area contributed by atoms with Crippen molar-refractivity contribution in [2.75, 3.05) is 18.8 Å². The number of anilines is 1. The molecule has 8 heteroatoms. The number of nitrogen functional groups attached to an aromatic ring is 1. The summed E-state index contributed by atoms with van der Waals surface area (Å²) in [6.07, 6.45) is 0.865. The van der Waals surface area contributed by atoms with E-state index >= 15 is 0 Å². The van der Waals surface area contributed by atoms with Crippen LogP contribution in [0, 0.1) is 0 Å². The molecule has 154 valence electrons. The summed E-state index contributed by atoms with van der Waals surface area (Å²) < 4.78 is 0.742. The van der Waals surface area contributed by atoms with Crippen molar-refractivity contribution in [1.29, 1.82) is 0 Å². The molecule has 1 saturated heterocycles. The Morgan fingerprint density at radius 1 is 1.20 bits per heavy atom. The van der Waals surface area contributed by atoms with Crippen LogP contribution in [-0.4, -0.2) is 30.8 Å². The number of hydrogen-bond acceptors (Lipinski definition) is 7. The lowest BCUT2D eigenvalue weighted by Gasteiger charge is -2.36. The fraction of sp³-hybridized carbons (Fsp3) is 0.273. The number of thiophene rings is 1. The second-order valence-corrected chi connectivity index (χ2v) is 8.95. The van der Waals surface area contributed by atoms with Crippen LogP contribution in [0.2, 0.25) is 0 Å². The number of benzene rings is 2. The summed E-state index contributed by atoms with van der Waals surface area (Å²) in [5, 5.41) is 7.01. The van der Waals surface area contributed by atoms with Crippen molar-refractivity contribution in [2.45, 2.75) is 24.0 Å². The first-order valence-corrected chi connectivity index (χ1v) is 10.8. The molecule has 1 amide bonds. The largest absolute Gasteiger partial charge is 0.398 e. The van der Waals surface area contributed by atoms with Crippen LogP contribution in [0.3, 0.4) is 0 Å². The van der Waals surface area contributed by atoms with Gasteiger partial charge in [-0.25, -0.2) is 0 Å². The molecule has 2 heterocycles.